The first-order chi connectivity index (χ1) is 10.2. The molecule has 0 radical (unpaired) electrons. The molecular formula is C16H23N3O2. The van der Waals surface area contributed by atoms with Crippen LogP contribution >= 0.6 is 0 Å². The lowest BCUT2D eigenvalue weighted by atomic mass is 9.96. The van der Waals surface area contributed by atoms with Crippen molar-refractivity contribution in [2.45, 2.75) is 25.5 Å². The summed E-state index contributed by atoms with van der Waals surface area (Å²) in [4.78, 5) is 2.39. The number of rotatable bonds is 5. The minimum atomic E-state index is -0.0368. The molecule has 0 saturated carbocycles. The number of benzene rings is 1. The van der Waals surface area contributed by atoms with Gasteiger partial charge in [-0.3, -0.25) is 4.90 Å². The van der Waals surface area contributed by atoms with Gasteiger partial charge in [0.1, 0.15) is 11.8 Å². The highest BCUT2D eigenvalue weighted by atomic mass is 16.5. The van der Waals surface area contributed by atoms with Gasteiger partial charge in [0.25, 0.3) is 0 Å². The van der Waals surface area contributed by atoms with Gasteiger partial charge in [0.15, 0.2) is 0 Å². The number of methoxy groups -OCH3 is 1. The fourth-order valence-electron chi connectivity index (χ4n) is 2.94. The summed E-state index contributed by atoms with van der Waals surface area (Å²) in [5.74, 6) is 0.601. The van der Waals surface area contributed by atoms with Crippen molar-refractivity contribution in [1.82, 2.24) is 4.90 Å². The Morgan fingerprint density at radius 3 is 2.95 bits per heavy atom. The first-order valence-electron chi connectivity index (χ1n) is 7.38. The van der Waals surface area contributed by atoms with Crippen LogP contribution in [0.4, 0.5) is 0 Å². The minimum Gasteiger partial charge on any atom is -0.495 e. The molecule has 2 atom stereocenters. The van der Waals surface area contributed by atoms with E-state index in [-0.39, 0.29) is 12.1 Å². The largest absolute Gasteiger partial charge is 0.495 e. The van der Waals surface area contributed by atoms with E-state index in [2.05, 4.69) is 17.9 Å². The highest BCUT2D eigenvalue weighted by Gasteiger charge is 2.32. The average molecular weight is 289 g/mol. The predicted molar refractivity (Wildman–Crippen MR) is 81.1 cm³/mol. The first kappa shape index (κ1) is 15.8. The van der Waals surface area contributed by atoms with E-state index in [1.165, 1.54) is 0 Å². The maximum atomic E-state index is 9.27. The number of nitrogens with zero attached hydrogens (tertiary/aromatic N) is 2. The molecule has 5 nitrogen and oxygen atoms in total. The van der Waals surface area contributed by atoms with Crippen molar-refractivity contribution in [2.24, 2.45) is 5.73 Å². The first-order valence-corrected chi connectivity index (χ1v) is 7.38. The number of ether oxygens (including phenoxy) is 2. The number of nitrogens with two attached hydrogens (primary N) is 1. The van der Waals surface area contributed by atoms with Crippen LogP contribution in [-0.2, 0) is 4.74 Å². The molecule has 0 spiro atoms. The van der Waals surface area contributed by atoms with Crippen LogP contribution in [0.15, 0.2) is 18.2 Å². The predicted octanol–water partition coefficient (Wildman–Crippen LogP) is 1.68. The van der Waals surface area contributed by atoms with Crippen molar-refractivity contribution in [3.63, 3.8) is 0 Å². The van der Waals surface area contributed by atoms with Crippen molar-refractivity contribution in [3.05, 3.63) is 29.3 Å². The van der Waals surface area contributed by atoms with Crippen molar-refractivity contribution >= 4 is 0 Å². The third-order valence-electron chi connectivity index (χ3n) is 3.88. The summed E-state index contributed by atoms with van der Waals surface area (Å²) < 4.78 is 11.0. The summed E-state index contributed by atoms with van der Waals surface area (Å²) in [7, 11) is 1.58. The lowest BCUT2D eigenvalue weighted by molar-refractivity contribution is -0.0676. The number of nitriles is 1. The van der Waals surface area contributed by atoms with Gasteiger partial charge >= 0.3 is 0 Å². The molecule has 1 aliphatic rings. The van der Waals surface area contributed by atoms with E-state index in [9.17, 15) is 5.26 Å². The summed E-state index contributed by atoms with van der Waals surface area (Å²) in [5.41, 5.74) is 7.49. The van der Waals surface area contributed by atoms with Gasteiger partial charge in [0.05, 0.1) is 31.4 Å². The van der Waals surface area contributed by atoms with Gasteiger partial charge in [-0.15, -0.1) is 0 Å². The molecule has 1 saturated heterocycles. The Labute approximate surface area is 126 Å². The second-order valence-corrected chi connectivity index (χ2v) is 5.20. The topological polar surface area (TPSA) is 71.5 Å². The van der Waals surface area contributed by atoms with E-state index in [1.807, 2.05) is 18.2 Å². The third-order valence-corrected chi connectivity index (χ3v) is 3.88. The Morgan fingerprint density at radius 2 is 2.33 bits per heavy atom. The van der Waals surface area contributed by atoms with Crippen LogP contribution in [0.25, 0.3) is 0 Å². The van der Waals surface area contributed by atoms with E-state index < -0.39 is 0 Å². The molecule has 114 valence electrons. The van der Waals surface area contributed by atoms with Crippen LogP contribution in [0.3, 0.4) is 0 Å². The number of morpholine rings is 1. The third kappa shape index (κ3) is 3.35. The van der Waals surface area contributed by atoms with Crippen LogP contribution in [0.5, 0.6) is 5.75 Å². The van der Waals surface area contributed by atoms with Crippen LogP contribution < -0.4 is 10.5 Å². The van der Waals surface area contributed by atoms with Crippen LogP contribution in [0.2, 0.25) is 0 Å². The van der Waals surface area contributed by atoms with Gasteiger partial charge in [-0.25, -0.2) is 0 Å². The standard InChI is InChI=1S/C16H23N3O2/c1-3-6-19-7-8-21-15(11-18)16(19)12-4-5-14(20-2)13(9-12)10-17/h4-5,9,15-16H,3,6-8,11,18H2,1-2H3. The molecule has 2 rings (SSSR count). The van der Waals surface area contributed by atoms with Gasteiger partial charge in [-0.2, -0.15) is 5.26 Å². The molecular weight excluding hydrogens is 266 g/mol. The molecule has 1 fully saturated rings. The number of hydrogen-bond donors (Lipinski definition) is 1. The number of hydrogen-bond acceptors (Lipinski definition) is 5. The van der Waals surface area contributed by atoms with Crippen molar-refractivity contribution < 1.29 is 9.47 Å². The van der Waals surface area contributed by atoms with E-state index in [0.29, 0.717) is 24.5 Å². The second-order valence-electron chi connectivity index (χ2n) is 5.20. The Hall–Kier alpha value is -1.61. The van der Waals surface area contributed by atoms with Gasteiger partial charge in [-0.05, 0) is 30.7 Å². The van der Waals surface area contributed by atoms with Gasteiger partial charge in [0.2, 0.25) is 0 Å². The molecule has 1 aliphatic heterocycles. The van der Waals surface area contributed by atoms with Gasteiger partial charge < -0.3 is 15.2 Å². The maximum Gasteiger partial charge on any atom is 0.136 e. The van der Waals surface area contributed by atoms with E-state index in [4.69, 9.17) is 15.2 Å². The zero-order chi connectivity index (χ0) is 15.2. The van der Waals surface area contributed by atoms with Crippen molar-refractivity contribution in [3.8, 4) is 11.8 Å². The molecule has 5 heteroatoms. The monoisotopic (exact) mass is 289 g/mol. The maximum absolute atomic E-state index is 9.27. The quantitative estimate of drug-likeness (QED) is 0.893. The Morgan fingerprint density at radius 1 is 1.52 bits per heavy atom. The fraction of sp³-hybridized carbons (Fsp3) is 0.562. The molecule has 2 N–H and O–H groups in total. The molecule has 1 aromatic rings. The highest BCUT2D eigenvalue weighted by molar-refractivity contribution is 5.46. The zero-order valence-electron chi connectivity index (χ0n) is 12.7. The zero-order valence-corrected chi connectivity index (χ0v) is 12.7. The van der Waals surface area contributed by atoms with E-state index in [0.717, 1.165) is 25.1 Å². The van der Waals surface area contributed by atoms with E-state index in [1.54, 1.807) is 7.11 Å². The Kier molecular flexibility index (Phi) is 5.57. The normalized spacial score (nSPS) is 22.8. The Balaban J connectivity index is 2.36. The molecule has 0 aromatic heterocycles. The second kappa shape index (κ2) is 7.41. The Bertz CT molecular complexity index is 511. The summed E-state index contributed by atoms with van der Waals surface area (Å²) >= 11 is 0. The van der Waals surface area contributed by atoms with Gasteiger partial charge in [-0.1, -0.05) is 13.0 Å². The van der Waals surface area contributed by atoms with E-state index >= 15 is 0 Å². The smallest absolute Gasteiger partial charge is 0.136 e. The van der Waals surface area contributed by atoms with Crippen molar-refractivity contribution in [1.29, 1.82) is 5.26 Å². The molecule has 21 heavy (non-hydrogen) atoms. The van der Waals surface area contributed by atoms with Crippen LogP contribution in [0.1, 0.15) is 30.5 Å². The SMILES string of the molecule is CCCN1CCOC(CN)C1c1ccc(OC)c(C#N)c1. The lowest BCUT2D eigenvalue weighted by Gasteiger charge is -2.41. The molecule has 1 heterocycles. The summed E-state index contributed by atoms with van der Waals surface area (Å²) in [6, 6.07) is 8.03. The van der Waals surface area contributed by atoms with Crippen LogP contribution in [0, 0.1) is 11.3 Å². The lowest BCUT2D eigenvalue weighted by Crippen LogP contribution is -2.48. The molecule has 1 aromatic carbocycles. The van der Waals surface area contributed by atoms with Crippen molar-refractivity contribution in [2.75, 3.05) is 33.4 Å². The summed E-state index contributed by atoms with van der Waals surface area (Å²) in [6.07, 6.45) is 1.04. The summed E-state index contributed by atoms with van der Waals surface area (Å²) in [5, 5.41) is 9.27. The molecule has 2 unspecified atom stereocenters. The molecule has 0 aliphatic carbocycles. The highest BCUT2D eigenvalue weighted by Crippen LogP contribution is 2.32. The van der Waals surface area contributed by atoms with Gasteiger partial charge in [0, 0.05) is 13.1 Å². The molecule has 0 bridgehead atoms. The average Bonchev–Trinajstić information content (AvgIpc) is 2.54. The summed E-state index contributed by atoms with van der Waals surface area (Å²) in [6.45, 7) is 5.23. The molecule has 0 amide bonds. The minimum absolute atomic E-state index is 0.0368. The fourth-order valence-corrected chi connectivity index (χ4v) is 2.94. The van der Waals surface area contributed by atoms with Crippen LogP contribution in [-0.4, -0.2) is 44.4 Å².